The summed E-state index contributed by atoms with van der Waals surface area (Å²) in [6.07, 6.45) is 4.64. The Labute approximate surface area is 109 Å². The molecule has 2 rings (SSSR count). The number of thiophene rings is 1. The minimum absolute atomic E-state index is 0.210. The molecule has 16 heavy (non-hydrogen) atoms. The predicted molar refractivity (Wildman–Crippen MR) is 71.0 cm³/mol. The van der Waals surface area contributed by atoms with Crippen LogP contribution in [0.5, 0.6) is 0 Å². The van der Waals surface area contributed by atoms with Crippen molar-refractivity contribution in [2.24, 2.45) is 0 Å². The van der Waals surface area contributed by atoms with Gasteiger partial charge in [0.05, 0.1) is 8.66 Å². The average molecular weight is 302 g/mol. The monoisotopic (exact) mass is 301 g/mol. The van der Waals surface area contributed by atoms with Crippen molar-refractivity contribution < 1.29 is 4.79 Å². The summed E-state index contributed by atoms with van der Waals surface area (Å²) >= 11 is 4.93. The smallest absolute Gasteiger partial charge is 0.264 e. The zero-order chi connectivity index (χ0) is 11.5. The molecule has 1 aliphatic heterocycles. The minimum Gasteiger partial charge on any atom is -0.335 e. The third-order valence-electron chi connectivity index (χ3n) is 3.14. The van der Waals surface area contributed by atoms with Gasteiger partial charge in [-0.05, 0) is 53.7 Å². The Hall–Kier alpha value is -0.350. The molecule has 0 N–H and O–H groups in total. The normalized spacial score (nSPS) is 21.1. The number of likely N-dealkylation sites (tertiary alicyclic amines) is 1. The molecule has 0 bridgehead atoms. The van der Waals surface area contributed by atoms with Gasteiger partial charge in [0.25, 0.3) is 5.91 Å². The maximum atomic E-state index is 12.3. The Morgan fingerprint density at radius 3 is 3.00 bits per heavy atom. The van der Waals surface area contributed by atoms with E-state index in [1.54, 1.807) is 0 Å². The number of halogens is 1. The van der Waals surface area contributed by atoms with E-state index in [0.717, 1.165) is 34.5 Å². The van der Waals surface area contributed by atoms with Crippen LogP contribution < -0.4 is 0 Å². The largest absolute Gasteiger partial charge is 0.335 e. The molecule has 1 aliphatic rings. The van der Waals surface area contributed by atoms with Crippen molar-refractivity contribution in [2.75, 3.05) is 6.54 Å². The van der Waals surface area contributed by atoms with Crippen molar-refractivity contribution in [3.05, 3.63) is 20.8 Å². The Morgan fingerprint density at radius 2 is 2.38 bits per heavy atom. The third-order valence-corrected chi connectivity index (χ3v) is 4.75. The summed E-state index contributed by atoms with van der Waals surface area (Å²) in [6, 6.07) is 4.31. The number of nitrogens with zero attached hydrogens (tertiary/aromatic N) is 1. The molecule has 0 spiro atoms. The molecule has 0 aromatic carbocycles. The first-order valence-electron chi connectivity index (χ1n) is 5.78. The summed E-state index contributed by atoms with van der Waals surface area (Å²) in [5.41, 5.74) is 0. The highest BCUT2D eigenvalue weighted by Crippen LogP contribution is 2.27. The molecule has 0 aliphatic carbocycles. The molecule has 2 heterocycles. The van der Waals surface area contributed by atoms with Crippen LogP contribution in [0.4, 0.5) is 0 Å². The van der Waals surface area contributed by atoms with Gasteiger partial charge in [0, 0.05) is 12.6 Å². The minimum atomic E-state index is 0.210. The number of hydrogen-bond acceptors (Lipinski definition) is 2. The summed E-state index contributed by atoms with van der Waals surface area (Å²) in [5.74, 6) is 0.210. The van der Waals surface area contributed by atoms with Gasteiger partial charge in [0.2, 0.25) is 0 Å². The van der Waals surface area contributed by atoms with Gasteiger partial charge in [0.1, 0.15) is 0 Å². The molecule has 4 heteroatoms. The van der Waals surface area contributed by atoms with E-state index in [2.05, 4.69) is 27.8 Å². The van der Waals surface area contributed by atoms with Crippen molar-refractivity contribution in [2.45, 2.75) is 38.6 Å². The van der Waals surface area contributed by atoms with Crippen LogP contribution in [0.2, 0.25) is 0 Å². The molecular weight excluding hydrogens is 286 g/mol. The fourth-order valence-electron chi connectivity index (χ4n) is 2.26. The van der Waals surface area contributed by atoms with Crippen LogP contribution in [0, 0.1) is 0 Å². The lowest BCUT2D eigenvalue weighted by atomic mass is 10.00. The standard InChI is InChI=1S/C12H16BrNOS/c1-2-9-5-3-4-8-14(9)12(15)10-6-7-11(13)16-10/h6-7,9H,2-5,8H2,1H3. The van der Waals surface area contributed by atoms with E-state index in [4.69, 9.17) is 0 Å². The fourth-order valence-corrected chi connectivity index (χ4v) is 3.61. The zero-order valence-corrected chi connectivity index (χ0v) is 11.8. The van der Waals surface area contributed by atoms with E-state index in [9.17, 15) is 4.79 Å². The summed E-state index contributed by atoms with van der Waals surface area (Å²) in [5, 5.41) is 0. The van der Waals surface area contributed by atoms with Gasteiger partial charge in [-0.2, -0.15) is 0 Å². The predicted octanol–water partition coefficient (Wildman–Crippen LogP) is 3.92. The van der Waals surface area contributed by atoms with E-state index in [0.29, 0.717) is 6.04 Å². The second kappa shape index (κ2) is 5.32. The highest BCUT2D eigenvalue weighted by atomic mass is 79.9. The van der Waals surface area contributed by atoms with Crippen LogP contribution >= 0.6 is 27.3 Å². The van der Waals surface area contributed by atoms with Crippen molar-refractivity contribution >= 4 is 33.2 Å². The van der Waals surface area contributed by atoms with Crippen LogP contribution in [0.25, 0.3) is 0 Å². The number of rotatable bonds is 2. The first-order chi connectivity index (χ1) is 7.72. The zero-order valence-electron chi connectivity index (χ0n) is 9.41. The van der Waals surface area contributed by atoms with Gasteiger partial charge < -0.3 is 4.90 Å². The van der Waals surface area contributed by atoms with Gasteiger partial charge >= 0.3 is 0 Å². The number of carbonyl (C=O) groups is 1. The van der Waals surface area contributed by atoms with Crippen LogP contribution in [0.15, 0.2) is 15.9 Å². The Balaban J connectivity index is 2.13. The summed E-state index contributed by atoms with van der Waals surface area (Å²) < 4.78 is 1.03. The van der Waals surface area contributed by atoms with Gasteiger partial charge in [-0.1, -0.05) is 6.92 Å². The molecule has 1 fully saturated rings. The van der Waals surface area contributed by atoms with Crippen molar-refractivity contribution in [1.82, 2.24) is 4.90 Å². The molecule has 1 aromatic heterocycles. The summed E-state index contributed by atoms with van der Waals surface area (Å²) in [4.78, 5) is 15.2. The molecule has 1 amide bonds. The maximum Gasteiger partial charge on any atom is 0.264 e. The SMILES string of the molecule is CCC1CCCCN1C(=O)c1ccc(Br)s1. The molecule has 1 unspecified atom stereocenters. The van der Waals surface area contributed by atoms with Gasteiger partial charge in [0.15, 0.2) is 0 Å². The summed E-state index contributed by atoms with van der Waals surface area (Å²) in [6.45, 7) is 3.09. The van der Waals surface area contributed by atoms with E-state index in [-0.39, 0.29) is 5.91 Å². The first-order valence-corrected chi connectivity index (χ1v) is 7.39. The number of carbonyl (C=O) groups excluding carboxylic acids is 1. The first kappa shape index (κ1) is 12.1. The Bertz CT molecular complexity index is 377. The lowest BCUT2D eigenvalue weighted by molar-refractivity contribution is 0.0613. The lowest BCUT2D eigenvalue weighted by Gasteiger charge is -2.34. The van der Waals surface area contributed by atoms with Crippen LogP contribution in [-0.4, -0.2) is 23.4 Å². The van der Waals surface area contributed by atoms with Gasteiger partial charge in [-0.25, -0.2) is 0 Å². The quantitative estimate of drug-likeness (QED) is 0.811. The van der Waals surface area contributed by atoms with Crippen molar-refractivity contribution in [3.63, 3.8) is 0 Å². The Morgan fingerprint density at radius 1 is 1.56 bits per heavy atom. The topological polar surface area (TPSA) is 20.3 Å². The van der Waals surface area contributed by atoms with E-state index >= 15 is 0 Å². The molecule has 0 radical (unpaired) electrons. The fraction of sp³-hybridized carbons (Fsp3) is 0.583. The van der Waals surface area contributed by atoms with Crippen LogP contribution in [0.3, 0.4) is 0 Å². The molecule has 88 valence electrons. The second-order valence-electron chi connectivity index (χ2n) is 4.16. The van der Waals surface area contributed by atoms with Crippen molar-refractivity contribution in [3.8, 4) is 0 Å². The number of amides is 1. The number of piperidine rings is 1. The highest BCUT2D eigenvalue weighted by molar-refractivity contribution is 9.11. The molecule has 1 atom stereocenters. The molecule has 1 aromatic rings. The maximum absolute atomic E-state index is 12.3. The van der Waals surface area contributed by atoms with E-state index in [1.165, 1.54) is 17.8 Å². The van der Waals surface area contributed by atoms with Gasteiger partial charge in [-0.3, -0.25) is 4.79 Å². The lowest BCUT2D eigenvalue weighted by Crippen LogP contribution is -2.43. The molecule has 1 saturated heterocycles. The van der Waals surface area contributed by atoms with Gasteiger partial charge in [-0.15, -0.1) is 11.3 Å². The average Bonchev–Trinajstić information content (AvgIpc) is 2.75. The van der Waals surface area contributed by atoms with Crippen LogP contribution in [0.1, 0.15) is 42.3 Å². The molecule has 0 saturated carbocycles. The van der Waals surface area contributed by atoms with Crippen LogP contribution in [-0.2, 0) is 0 Å². The molecule has 2 nitrogen and oxygen atoms in total. The highest BCUT2D eigenvalue weighted by Gasteiger charge is 2.26. The van der Waals surface area contributed by atoms with E-state index in [1.807, 2.05) is 12.1 Å². The number of hydrogen-bond donors (Lipinski definition) is 0. The van der Waals surface area contributed by atoms with Crippen molar-refractivity contribution in [1.29, 1.82) is 0 Å². The summed E-state index contributed by atoms with van der Waals surface area (Å²) in [7, 11) is 0. The third kappa shape index (κ3) is 2.48. The molecular formula is C12H16BrNOS. The Kier molecular flexibility index (Phi) is 4.03. The second-order valence-corrected chi connectivity index (χ2v) is 6.62. The van der Waals surface area contributed by atoms with E-state index < -0.39 is 0 Å².